The van der Waals surface area contributed by atoms with Crippen LogP contribution in [-0.2, 0) is 9.59 Å². The van der Waals surface area contributed by atoms with Crippen molar-refractivity contribution in [3.8, 4) is 11.5 Å². The second kappa shape index (κ2) is 9.12. The normalized spacial score (nSPS) is 13.2. The van der Waals surface area contributed by atoms with Gasteiger partial charge in [0.15, 0.2) is 11.5 Å². The maximum Gasteiger partial charge on any atom is 0.243 e. The van der Waals surface area contributed by atoms with E-state index >= 15 is 0 Å². The van der Waals surface area contributed by atoms with Gasteiger partial charge in [0.25, 0.3) is 0 Å². The van der Waals surface area contributed by atoms with Gasteiger partial charge in [0, 0.05) is 13.1 Å². The third-order valence-corrected chi connectivity index (χ3v) is 4.08. The van der Waals surface area contributed by atoms with Crippen LogP contribution in [0.2, 0.25) is 0 Å². The number of rotatable bonds is 10. The number of fused-ring (bicyclic) bond motifs is 1. The number of nitrogens with zero attached hydrogens (tertiary/aromatic N) is 2. The number of hydrogen-bond acceptors (Lipinski definition) is 6. The summed E-state index contributed by atoms with van der Waals surface area (Å²) in [6, 6.07) is 5.36. The Hall–Kier alpha value is -2.48. The first-order valence-electron chi connectivity index (χ1n) is 8.39. The van der Waals surface area contributed by atoms with Crippen molar-refractivity contribution in [2.24, 2.45) is 5.92 Å². The average molecular weight is 351 g/mol. The van der Waals surface area contributed by atoms with Gasteiger partial charge in [-0.25, -0.2) is 5.06 Å². The molecule has 8 nitrogen and oxygen atoms in total. The standard InChI is InChI=1S/C17H25N3O5/c1-3-4-5-6-13(10-20(23)11-21)17(22)18-19(2)14-7-8-15-16(9-14)25-12-24-15/h7-9,11,13,23H,3-6,10,12H2,1-2H3,(H,18,22)/t13-/m1/s1. The van der Waals surface area contributed by atoms with Crippen molar-refractivity contribution in [1.82, 2.24) is 10.5 Å². The summed E-state index contributed by atoms with van der Waals surface area (Å²) in [7, 11) is 1.72. The Kier molecular flexibility index (Phi) is 6.88. The van der Waals surface area contributed by atoms with E-state index in [1.54, 1.807) is 24.2 Å². The molecule has 0 fully saturated rings. The molecule has 1 heterocycles. The Morgan fingerprint density at radius 2 is 2.12 bits per heavy atom. The lowest BCUT2D eigenvalue weighted by atomic mass is 10.0. The number of ether oxygens (including phenoxy) is 2. The molecule has 0 radical (unpaired) electrons. The van der Waals surface area contributed by atoms with Gasteiger partial charge in [-0.05, 0) is 18.6 Å². The number of benzene rings is 1. The Morgan fingerprint density at radius 3 is 2.84 bits per heavy atom. The molecule has 2 amide bonds. The van der Waals surface area contributed by atoms with Crippen molar-refractivity contribution in [1.29, 1.82) is 0 Å². The highest BCUT2D eigenvalue weighted by Crippen LogP contribution is 2.34. The van der Waals surface area contributed by atoms with Crippen LogP contribution in [0.15, 0.2) is 18.2 Å². The summed E-state index contributed by atoms with van der Waals surface area (Å²) < 4.78 is 10.6. The average Bonchev–Trinajstić information content (AvgIpc) is 3.08. The van der Waals surface area contributed by atoms with Crippen molar-refractivity contribution in [2.75, 3.05) is 25.4 Å². The molecular formula is C17H25N3O5. The molecule has 1 aromatic rings. The zero-order valence-electron chi connectivity index (χ0n) is 14.6. The van der Waals surface area contributed by atoms with Crippen molar-refractivity contribution in [3.05, 3.63) is 18.2 Å². The van der Waals surface area contributed by atoms with E-state index in [1.165, 1.54) is 0 Å². The first-order valence-corrected chi connectivity index (χ1v) is 8.39. The topological polar surface area (TPSA) is 91.3 Å². The molecule has 0 saturated carbocycles. The molecule has 0 saturated heterocycles. The summed E-state index contributed by atoms with van der Waals surface area (Å²) in [5, 5.41) is 11.5. The SMILES string of the molecule is CCCCC[C@H](CN(O)C=O)C(=O)NN(C)c1ccc2c(c1)OCO2. The first kappa shape index (κ1) is 18.9. The summed E-state index contributed by atoms with van der Waals surface area (Å²) in [5.74, 6) is 0.554. The predicted molar refractivity (Wildman–Crippen MR) is 91.3 cm³/mol. The quantitative estimate of drug-likeness (QED) is 0.290. The Bertz CT molecular complexity index is 596. The fourth-order valence-corrected chi connectivity index (χ4v) is 2.63. The monoisotopic (exact) mass is 351 g/mol. The van der Waals surface area contributed by atoms with Gasteiger partial charge in [-0.3, -0.25) is 25.2 Å². The largest absolute Gasteiger partial charge is 0.454 e. The van der Waals surface area contributed by atoms with Crippen LogP contribution in [0.3, 0.4) is 0 Å². The van der Waals surface area contributed by atoms with Crippen LogP contribution >= 0.6 is 0 Å². The molecule has 1 aliphatic rings. The predicted octanol–water partition coefficient (Wildman–Crippen LogP) is 1.93. The fraction of sp³-hybridized carbons (Fsp3) is 0.529. The fourth-order valence-electron chi connectivity index (χ4n) is 2.63. The smallest absolute Gasteiger partial charge is 0.243 e. The Morgan fingerprint density at radius 1 is 1.36 bits per heavy atom. The maximum absolute atomic E-state index is 12.5. The summed E-state index contributed by atoms with van der Waals surface area (Å²) in [6.45, 7) is 2.23. The highest BCUT2D eigenvalue weighted by molar-refractivity contribution is 5.81. The van der Waals surface area contributed by atoms with Crippen molar-refractivity contribution < 1.29 is 24.3 Å². The molecule has 138 valence electrons. The minimum atomic E-state index is -0.488. The number of hydrazine groups is 1. The highest BCUT2D eigenvalue weighted by Gasteiger charge is 2.22. The van der Waals surface area contributed by atoms with E-state index in [1.807, 2.05) is 6.07 Å². The molecule has 0 bridgehead atoms. The minimum Gasteiger partial charge on any atom is -0.454 e. The molecule has 2 rings (SSSR count). The number of anilines is 1. The molecule has 1 aliphatic heterocycles. The first-order chi connectivity index (χ1) is 12.0. The van der Waals surface area contributed by atoms with E-state index in [9.17, 15) is 14.8 Å². The van der Waals surface area contributed by atoms with Gasteiger partial charge in [-0.2, -0.15) is 0 Å². The third-order valence-electron chi connectivity index (χ3n) is 4.08. The molecular weight excluding hydrogens is 326 g/mol. The number of carbonyl (C=O) groups excluding carboxylic acids is 2. The lowest BCUT2D eigenvalue weighted by Crippen LogP contribution is -2.45. The summed E-state index contributed by atoms with van der Waals surface area (Å²) in [6.07, 6.45) is 3.78. The van der Waals surface area contributed by atoms with Gasteiger partial charge in [0.1, 0.15) is 0 Å². The number of unbranched alkanes of at least 4 members (excludes halogenated alkanes) is 2. The van der Waals surface area contributed by atoms with Gasteiger partial charge in [-0.15, -0.1) is 0 Å². The molecule has 0 unspecified atom stereocenters. The lowest BCUT2D eigenvalue weighted by molar-refractivity contribution is -0.154. The number of amides is 2. The molecule has 2 N–H and O–H groups in total. The van der Waals surface area contributed by atoms with Crippen LogP contribution in [0.5, 0.6) is 11.5 Å². The Balaban J connectivity index is 1.98. The van der Waals surface area contributed by atoms with Crippen LogP contribution in [0.4, 0.5) is 5.69 Å². The number of hydroxylamine groups is 2. The van der Waals surface area contributed by atoms with Gasteiger partial charge < -0.3 is 9.47 Å². The molecule has 0 spiro atoms. The van der Waals surface area contributed by atoms with Crippen molar-refractivity contribution >= 4 is 18.0 Å². The van der Waals surface area contributed by atoms with E-state index < -0.39 is 5.92 Å². The summed E-state index contributed by atoms with van der Waals surface area (Å²) >= 11 is 0. The molecule has 25 heavy (non-hydrogen) atoms. The summed E-state index contributed by atoms with van der Waals surface area (Å²) in [4.78, 5) is 23.2. The second-order valence-corrected chi connectivity index (χ2v) is 5.99. The van der Waals surface area contributed by atoms with Crippen LogP contribution in [0, 0.1) is 5.92 Å². The van der Waals surface area contributed by atoms with E-state index in [2.05, 4.69) is 12.3 Å². The molecule has 0 aromatic heterocycles. The second-order valence-electron chi connectivity index (χ2n) is 5.99. The van der Waals surface area contributed by atoms with Crippen molar-refractivity contribution in [3.63, 3.8) is 0 Å². The number of carbonyl (C=O) groups is 2. The third kappa shape index (κ3) is 5.25. The van der Waals surface area contributed by atoms with E-state index in [4.69, 9.17) is 9.47 Å². The van der Waals surface area contributed by atoms with Crippen molar-refractivity contribution in [2.45, 2.75) is 32.6 Å². The van der Waals surface area contributed by atoms with E-state index in [0.717, 1.165) is 24.9 Å². The zero-order chi connectivity index (χ0) is 18.2. The van der Waals surface area contributed by atoms with E-state index in [0.29, 0.717) is 29.4 Å². The number of hydrogen-bond donors (Lipinski definition) is 2. The molecule has 1 atom stereocenters. The van der Waals surface area contributed by atoms with Gasteiger partial charge in [-0.1, -0.05) is 26.2 Å². The van der Waals surface area contributed by atoms with Crippen LogP contribution in [0.1, 0.15) is 32.6 Å². The molecule has 0 aliphatic carbocycles. The van der Waals surface area contributed by atoms with Gasteiger partial charge in [0.2, 0.25) is 19.1 Å². The zero-order valence-corrected chi connectivity index (χ0v) is 14.6. The van der Waals surface area contributed by atoms with Crippen LogP contribution in [-0.4, -0.2) is 43.0 Å². The summed E-state index contributed by atoms with van der Waals surface area (Å²) in [5.41, 5.74) is 3.53. The van der Waals surface area contributed by atoms with Crippen LogP contribution in [0.25, 0.3) is 0 Å². The lowest BCUT2D eigenvalue weighted by Gasteiger charge is -2.25. The number of nitrogens with one attached hydrogen (secondary N) is 1. The molecule has 8 heteroatoms. The van der Waals surface area contributed by atoms with Gasteiger partial charge in [0.05, 0.1) is 18.2 Å². The van der Waals surface area contributed by atoms with E-state index in [-0.39, 0.29) is 19.2 Å². The van der Waals surface area contributed by atoms with Gasteiger partial charge >= 0.3 is 0 Å². The maximum atomic E-state index is 12.5. The van der Waals surface area contributed by atoms with Crippen LogP contribution < -0.4 is 19.9 Å². The Labute approximate surface area is 147 Å². The highest BCUT2D eigenvalue weighted by atomic mass is 16.7. The molecule has 1 aromatic carbocycles. The minimum absolute atomic E-state index is 0.0337.